The number of fused-ring (bicyclic) bond motifs is 1. The Kier molecular flexibility index (Phi) is 5.01. The average Bonchev–Trinajstić information content (AvgIpc) is 3.42. The van der Waals surface area contributed by atoms with E-state index in [0.717, 1.165) is 12.0 Å². The molecule has 0 amide bonds. The molecule has 4 nitrogen and oxygen atoms in total. The Morgan fingerprint density at radius 3 is 2.41 bits per heavy atom. The lowest BCUT2D eigenvalue weighted by Crippen LogP contribution is -2.17. The van der Waals surface area contributed by atoms with Gasteiger partial charge >= 0.3 is 6.36 Å². The van der Waals surface area contributed by atoms with Gasteiger partial charge in [-0.2, -0.15) is 0 Å². The number of hydrogen-bond acceptors (Lipinski definition) is 3. The minimum absolute atomic E-state index is 0.281. The first kappa shape index (κ1) is 20.1. The molecule has 5 rings (SSSR count). The summed E-state index contributed by atoms with van der Waals surface area (Å²) in [6, 6.07) is 22.0. The maximum Gasteiger partial charge on any atom is 0.573 e. The van der Waals surface area contributed by atoms with Crippen LogP contribution in [0.15, 0.2) is 85.2 Å². The Hall–Kier alpha value is -3.87. The monoisotopic (exact) mass is 433 g/mol. The summed E-state index contributed by atoms with van der Waals surface area (Å²) in [7, 11) is 0. The molecule has 0 aliphatic heterocycles. The van der Waals surface area contributed by atoms with Gasteiger partial charge in [-0.25, -0.2) is 9.67 Å². The summed E-state index contributed by atoms with van der Waals surface area (Å²) in [6.07, 6.45) is 2.15. The highest BCUT2D eigenvalue weighted by Gasteiger charge is 2.31. The van der Waals surface area contributed by atoms with E-state index in [9.17, 15) is 13.2 Å². The third-order valence-electron chi connectivity index (χ3n) is 5.40. The van der Waals surface area contributed by atoms with E-state index in [-0.39, 0.29) is 5.75 Å². The molecule has 0 radical (unpaired) electrons. The van der Waals surface area contributed by atoms with E-state index in [0.29, 0.717) is 17.4 Å². The molecule has 32 heavy (non-hydrogen) atoms. The minimum atomic E-state index is -4.72. The normalized spacial score (nSPS) is 15.0. The fourth-order valence-corrected chi connectivity index (χ4v) is 3.87. The van der Waals surface area contributed by atoms with E-state index in [1.54, 1.807) is 0 Å². The van der Waals surface area contributed by atoms with Crippen LogP contribution in [-0.4, -0.2) is 21.1 Å². The number of alkyl halides is 3. The lowest BCUT2D eigenvalue weighted by molar-refractivity contribution is -0.274. The van der Waals surface area contributed by atoms with Crippen LogP contribution in [0.25, 0.3) is 23.2 Å². The van der Waals surface area contributed by atoms with E-state index < -0.39 is 6.36 Å². The standard InChI is InChI=1S/C25H18F3N3O/c26-25(27,28)32-22-13-11-21(12-14-22)31-16-29-24(30-31)19-7-5-17(6-8-19)15-20-10-9-18-3-1-2-4-23(18)20/h1-14,16,20H,15H2. The molecule has 0 saturated heterocycles. The van der Waals surface area contributed by atoms with Crippen LogP contribution in [-0.2, 0) is 6.42 Å². The predicted molar refractivity (Wildman–Crippen MR) is 115 cm³/mol. The zero-order valence-electron chi connectivity index (χ0n) is 16.8. The van der Waals surface area contributed by atoms with Crippen molar-refractivity contribution in [2.75, 3.05) is 0 Å². The van der Waals surface area contributed by atoms with Gasteiger partial charge < -0.3 is 4.74 Å². The Morgan fingerprint density at radius 1 is 0.906 bits per heavy atom. The van der Waals surface area contributed by atoms with Crippen molar-refractivity contribution in [2.45, 2.75) is 18.7 Å². The minimum Gasteiger partial charge on any atom is -0.406 e. The molecular weight excluding hydrogens is 415 g/mol. The molecule has 160 valence electrons. The van der Waals surface area contributed by atoms with Gasteiger partial charge in [-0.1, -0.05) is 60.7 Å². The van der Waals surface area contributed by atoms with Crippen LogP contribution >= 0.6 is 0 Å². The molecule has 1 unspecified atom stereocenters. The van der Waals surface area contributed by atoms with Gasteiger partial charge in [-0.05, 0) is 47.4 Å². The van der Waals surface area contributed by atoms with Crippen molar-refractivity contribution in [1.82, 2.24) is 14.8 Å². The summed E-state index contributed by atoms with van der Waals surface area (Å²) >= 11 is 0. The number of ether oxygens (including phenoxy) is 1. The Morgan fingerprint density at radius 2 is 1.66 bits per heavy atom. The first-order valence-electron chi connectivity index (χ1n) is 10.1. The van der Waals surface area contributed by atoms with Gasteiger partial charge in [0, 0.05) is 11.5 Å². The van der Waals surface area contributed by atoms with E-state index in [2.05, 4.69) is 63.4 Å². The first-order valence-corrected chi connectivity index (χ1v) is 10.1. The fraction of sp³-hybridized carbons (Fsp3) is 0.120. The topological polar surface area (TPSA) is 39.9 Å². The number of rotatable bonds is 5. The van der Waals surface area contributed by atoms with Crippen LogP contribution < -0.4 is 4.74 Å². The summed E-state index contributed by atoms with van der Waals surface area (Å²) in [5.74, 6) is 0.633. The summed E-state index contributed by atoms with van der Waals surface area (Å²) in [5, 5.41) is 4.45. The van der Waals surface area contributed by atoms with Crippen LogP contribution in [0.4, 0.5) is 13.2 Å². The van der Waals surface area contributed by atoms with Gasteiger partial charge in [-0.3, -0.25) is 0 Å². The SMILES string of the molecule is FC(F)(F)Oc1ccc(-n2cnc(-c3ccc(CC4C=Cc5ccccc54)cc3)n2)cc1. The van der Waals surface area contributed by atoms with Crippen LogP contribution in [0.3, 0.4) is 0 Å². The summed E-state index contributed by atoms with van der Waals surface area (Å²) in [5.41, 5.74) is 5.30. The van der Waals surface area contributed by atoms with Crippen molar-refractivity contribution in [3.05, 3.63) is 102 Å². The maximum atomic E-state index is 12.3. The second-order valence-corrected chi connectivity index (χ2v) is 7.55. The van der Waals surface area contributed by atoms with E-state index in [4.69, 9.17) is 0 Å². The molecule has 0 saturated carbocycles. The lowest BCUT2D eigenvalue weighted by Gasteiger charge is -2.11. The van der Waals surface area contributed by atoms with E-state index in [1.807, 2.05) is 12.1 Å². The van der Waals surface area contributed by atoms with Gasteiger partial charge in [0.1, 0.15) is 12.1 Å². The van der Waals surface area contributed by atoms with Crippen molar-refractivity contribution in [3.8, 4) is 22.8 Å². The molecule has 0 N–H and O–H groups in total. The fourth-order valence-electron chi connectivity index (χ4n) is 3.87. The molecule has 4 aromatic rings. The Labute approximate surface area is 182 Å². The zero-order chi connectivity index (χ0) is 22.1. The molecule has 1 aromatic heterocycles. The number of aromatic nitrogens is 3. The van der Waals surface area contributed by atoms with Crippen LogP contribution in [0.5, 0.6) is 5.75 Å². The van der Waals surface area contributed by atoms with Crippen molar-refractivity contribution in [2.24, 2.45) is 0 Å². The molecule has 0 spiro atoms. The van der Waals surface area contributed by atoms with E-state index in [1.165, 1.54) is 52.0 Å². The van der Waals surface area contributed by atoms with Gasteiger partial charge in [0.15, 0.2) is 5.82 Å². The number of hydrogen-bond donors (Lipinski definition) is 0. The molecule has 0 bridgehead atoms. The number of benzene rings is 3. The maximum absolute atomic E-state index is 12.3. The number of halogens is 3. The summed E-state index contributed by atoms with van der Waals surface area (Å²) in [4.78, 5) is 4.34. The van der Waals surface area contributed by atoms with Crippen molar-refractivity contribution in [3.63, 3.8) is 0 Å². The third kappa shape index (κ3) is 4.27. The number of allylic oxidation sites excluding steroid dienone is 1. The second kappa shape index (κ2) is 8.00. The second-order valence-electron chi connectivity index (χ2n) is 7.55. The largest absolute Gasteiger partial charge is 0.573 e. The van der Waals surface area contributed by atoms with Crippen LogP contribution in [0, 0.1) is 0 Å². The van der Waals surface area contributed by atoms with Crippen molar-refractivity contribution < 1.29 is 17.9 Å². The zero-order valence-corrected chi connectivity index (χ0v) is 16.8. The summed E-state index contributed by atoms with van der Waals surface area (Å²) in [6.45, 7) is 0. The highest BCUT2D eigenvalue weighted by atomic mass is 19.4. The van der Waals surface area contributed by atoms with Gasteiger partial charge in [-0.15, -0.1) is 18.3 Å². The van der Waals surface area contributed by atoms with Gasteiger partial charge in [0.2, 0.25) is 0 Å². The average molecular weight is 433 g/mol. The molecule has 1 aliphatic rings. The molecule has 7 heteroatoms. The molecule has 1 atom stereocenters. The molecule has 1 heterocycles. The highest BCUT2D eigenvalue weighted by molar-refractivity contribution is 5.63. The first-order chi connectivity index (χ1) is 15.4. The highest BCUT2D eigenvalue weighted by Crippen LogP contribution is 2.32. The van der Waals surface area contributed by atoms with Crippen LogP contribution in [0.1, 0.15) is 22.6 Å². The molecular formula is C25H18F3N3O. The van der Waals surface area contributed by atoms with Crippen LogP contribution in [0.2, 0.25) is 0 Å². The molecule has 0 fully saturated rings. The smallest absolute Gasteiger partial charge is 0.406 e. The third-order valence-corrected chi connectivity index (χ3v) is 5.40. The Balaban J connectivity index is 1.28. The predicted octanol–water partition coefficient (Wildman–Crippen LogP) is 6.19. The summed E-state index contributed by atoms with van der Waals surface area (Å²) < 4.78 is 42.3. The van der Waals surface area contributed by atoms with Gasteiger partial charge in [0.05, 0.1) is 5.69 Å². The quantitative estimate of drug-likeness (QED) is 0.377. The van der Waals surface area contributed by atoms with Crippen molar-refractivity contribution >= 4 is 6.08 Å². The number of nitrogens with zero attached hydrogens (tertiary/aromatic N) is 3. The van der Waals surface area contributed by atoms with E-state index >= 15 is 0 Å². The van der Waals surface area contributed by atoms with Gasteiger partial charge in [0.25, 0.3) is 0 Å². The van der Waals surface area contributed by atoms with Crippen molar-refractivity contribution in [1.29, 1.82) is 0 Å². The molecule has 1 aliphatic carbocycles. The Bertz CT molecular complexity index is 1260. The molecule has 3 aromatic carbocycles. The lowest BCUT2D eigenvalue weighted by atomic mass is 9.93.